The molecule has 0 aromatic heterocycles. The van der Waals surface area contributed by atoms with Crippen LogP contribution in [0.3, 0.4) is 0 Å². The topological polar surface area (TPSA) is 29.1 Å². The van der Waals surface area contributed by atoms with Gasteiger partial charge >= 0.3 is 0 Å². The van der Waals surface area contributed by atoms with E-state index in [4.69, 9.17) is 0 Å². The Hall–Kier alpha value is -2.41. The Labute approximate surface area is 162 Å². The molecule has 1 N–H and O–H groups in total. The van der Waals surface area contributed by atoms with Crippen LogP contribution >= 0.6 is 7.29 Å². The van der Waals surface area contributed by atoms with Crippen LogP contribution in [-0.2, 0) is 4.57 Å². The van der Waals surface area contributed by atoms with Gasteiger partial charge in [0.1, 0.15) is 0 Å². The SMILES string of the molecule is CC[C@@H](NP(=O)(c1ccccc1)c1ccccc1)C(C)=Cc1ccccc1. The first-order valence-electron chi connectivity index (χ1n) is 9.36. The highest BCUT2D eigenvalue weighted by atomic mass is 31.2. The van der Waals surface area contributed by atoms with Gasteiger partial charge in [0.25, 0.3) is 0 Å². The fourth-order valence-electron chi connectivity index (χ4n) is 3.22. The van der Waals surface area contributed by atoms with E-state index in [1.165, 1.54) is 5.57 Å². The Balaban J connectivity index is 1.98. The molecule has 0 aliphatic carbocycles. The van der Waals surface area contributed by atoms with Gasteiger partial charge in [-0.05, 0) is 43.2 Å². The summed E-state index contributed by atoms with van der Waals surface area (Å²) in [7, 11) is -2.95. The third-order valence-electron chi connectivity index (χ3n) is 4.73. The van der Waals surface area contributed by atoms with E-state index in [0.29, 0.717) is 0 Å². The molecule has 1 atom stereocenters. The maximum atomic E-state index is 14.2. The Bertz CT molecular complexity index is 877. The van der Waals surface area contributed by atoms with Crippen molar-refractivity contribution >= 4 is 24.0 Å². The molecular weight excluding hydrogens is 349 g/mol. The number of hydrogen-bond acceptors (Lipinski definition) is 1. The lowest BCUT2D eigenvalue weighted by molar-refractivity contribution is 0.565. The standard InChI is InChI=1S/C24H26NOP/c1-3-24(20(2)19-21-13-7-4-8-14-21)25-27(26,22-15-9-5-10-16-22)23-17-11-6-12-18-23/h4-19,24H,3H2,1-2H3,(H,25,26)/t24-/m1/s1. The minimum absolute atomic E-state index is 0.0245. The lowest BCUT2D eigenvalue weighted by Gasteiger charge is -2.27. The summed E-state index contributed by atoms with van der Waals surface area (Å²) in [5.74, 6) is 0. The average Bonchev–Trinajstić information content (AvgIpc) is 2.73. The highest BCUT2D eigenvalue weighted by Gasteiger charge is 2.29. The minimum Gasteiger partial charge on any atom is -0.297 e. The second-order valence-electron chi connectivity index (χ2n) is 6.67. The molecule has 2 nitrogen and oxygen atoms in total. The zero-order valence-corrected chi connectivity index (χ0v) is 16.8. The van der Waals surface area contributed by atoms with Crippen LogP contribution in [0.4, 0.5) is 0 Å². The predicted molar refractivity (Wildman–Crippen MR) is 117 cm³/mol. The van der Waals surface area contributed by atoms with Crippen LogP contribution in [0.15, 0.2) is 96.6 Å². The van der Waals surface area contributed by atoms with Gasteiger partial charge in [-0.3, -0.25) is 9.65 Å². The van der Waals surface area contributed by atoms with Gasteiger partial charge in [0.15, 0.2) is 0 Å². The first-order valence-corrected chi connectivity index (χ1v) is 11.1. The maximum Gasteiger partial charge on any atom is 0.205 e. The molecule has 0 spiro atoms. The third-order valence-corrected chi connectivity index (χ3v) is 7.46. The van der Waals surface area contributed by atoms with Gasteiger partial charge in [-0.15, -0.1) is 0 Å². The Morgan fingerprint density at radius 3 is 1.74 bits per heavy atom. The van der Waals surface area contributed by atoms with Crippen LogP contribution in [0.2, 0.25) is 0 Å². The summed E-state index contributed by atoms with van der Waals surface area (Å²) in [5, 5.41) is 5.19. The molecule has 3 aromatic rings. The molecule has 0 amide bonds. The highest BCUT2D eigenvalue weighted by Crippen LogP contribution is 2.40. The van der Waals surface area contributed by atoms with Crippen molar-refractivity contribution in [3.05, 3.63) is 102 Å². The molecule has 0 saturated heterocycles. The van der Waals surface area contributed by atoms with Gasteiger partial charge in [0.05, 0.1) is 0 Å². The summed E-state index contributed by atoms with van der Waals surface area (Å²) in [4.78, 5) is 0. The largest absolute Gasteiger partial charge is 0.297 e. The Kier molecular flexibility index (Phi) is 6.45. The van der Waals surface area contributed by atoms with Crippen molar-refractivity contribution in [1.29, 1.82) is 0 Å². The molecule has 0 aliphatic heterocycles. The van der Waals surface area contributed by atoms with E-state index in [1.54, 1.807) is 0 Å². The van der Waals surface area contributed by atoms with Crippen LogP contribution in [-0.4, -0.2) is 6.04 Å². The zero-order valence-electron chi connectivity index (χ0n) is 15.9. The van der Waals surface area contributed by atoms with Crippen molar-refractivity contribution in [3.63, 3.8) is 0 Å². The summed E-state index contributed by atoms with van der Waals surface area (Å²) >= 11 is 0. The van der Waals surface area contributed by atoms with E-state index < -0.39 is 7.29 Å². The van der Waals surface area contributed by atoms with Crippen molar-refractivity contribution in [3.8, 4) is 0 Å². The van der Waals surface area contributed by atoms with Gasteiger partial charge in [-0.1, -0.05) is 85.3 Å². The van der Waals surface area contributed by atoms with Gasteiger partial charge in [-0.2, -0.15) is 0 Å². The maximum absolute atomic E-state index is 14.2. The second kappa shape index (κ2) is 8.99. The molecule has 0 saturated carbocycles. The number of benzene rings is 3. The summed E-state index contributed by atoms with van der Waals surface area (Å²) < 4.78 is 14.2. The van der Waals surface area contributed by atoms with E-state index in [9.17, 15) is 4.57 Å². The first-order chi connectivity index (χ1) is 13.1. The third kappa shape index (κ3) is 4.66. The molecule has 0 bridgehead atoms. The molecule has 0 radical (unpaired) electrons. The van der Waals surface area contributed by atoms with Crippen LogP contribution in [0.1, 0.15) is 25.8 Å². The van der Waals surface area contributed by atoms with E-state index in [-0.39, 0.29) is 6.04 Å². The highest BCUT2D eigenvalue weighted by molar-refractivity contribution is 7.76. The van der Waals surface area contributed by atoms with Crippen molar-refractivity contribution in [2.24, 2.45) is 0 Å². The second-order valence-corrected chi connectivity index (χ2v) is 9.18. The van der Waals surface area contributed by atoms with Crippen LogP contribution in [0.5, 0.6) is 0 Å². The quantitative estimate of drug-likeness (QED) is 0.561. The Morgan fingerprint density at radius 1 is 0.852 bits per heavy atom. The molecule has 3 aromatic carbocycles. The van der Waals surface area contributed by atoms with E-state index >= 15 is 0 Å². The van der Waals surface area contributed by atoms with Crippen LogP contribution < -0.4 is 15.7 Å². The van der Waals surface area contributed by atoms with Gasteiger partial charge in [0.2, 0.25) is 7.29 Å². The predicted octanol–water partition coefficient (Wildman–Crippen LogP) is 5.39. The summed E-state index contributed by atoms with van der Waals surface area (Å²) in [6, 6.07) is 29.8. The summed E-state index contributed by atoms with van der Waals surface area (Å²) in [6.45, 7) is 4.23. The lowest BCUT2D eigenvalue weighted by Crippen LogP contribution is -2.35. The number of nitrogens with one attached hydrogen (secondary N) is 1. The molecule has 0 heterocycles. The van der Waals surface area contributed by atoms with E-state index in [1.807, 2.05) is 78.9 Å². The smallest absolute Gasteiger partial charge is 0.205 e. The van der Waals surface area contributed by atoms with Crippen molar-refractivity contribution < 1.29 is 4.57 Å². The molecule has 138 valence electrons. The summed E-state index contributed by atoms with van der Waals surface area (Å²) in [6.07, 6.45) is 3.03. The monoisotopic (exact) mass is 375 g/mol. The number of rotatable bonds is 7. The average molecular weight is 375 g/mol. The lowest BCUT2D eigenvalue weighted by atomic mass is 10.0. The molecule has 0 aliphatic rings. The van der Waals surface area contributed by atoms with Gasteiger partial charge in [-0.25, -0.2) is 0 Å². The Morgan fingerprint density at radius 2 is 1.30 bits per heavy atom. The van der Waals surface area contributed by atoms with E-state index in [0.717, 1.165) is 22.6 Å². The van der Waals surface area contributed by atoms with Crippen molar-refractivity contribution in [2.45, 2.75) is 26.3 Å². The zero-order chi connectivity index (χ0) is 19.1. The fourth-order valence-corrected chi connectivity index (χ4v) is 5.83. The minimum atomic E-state index is -2.95. The molecule has 0 fully saturated rings. The van der Waals surface area contributed by atoms with Crippen molar-refractivity contribution in [1.82, 2.24) is 5.09 Å². The van der Waals surface area contributed by atoms with E-state index in [2.05, 4.69) is 37.1 Å². The molecule has 27 heavy (non-hydrogen) atoms. The normalized spacial score (nSPS) is 13.3. The molecule has 3 heteroatoms. The molecular formula is C24H26NOP. The first kappa shape index (κ1) is 19.4. The number of hydrogen-bond donors (Lipinski definition) is 1. The molecule has 3 rings (SSSR count). The van der Waals surface area contributed by atoms with Crippen LogP contribution in [0.25, 0.3) is 6.08 Å². The fraction of sp³-hybridized carbons (Fsp3) is 0.167. The molecule has 0 unspecified atom stereocenters. The van der Waals surface area contributed by atoms with Gasteiger partial charge < -0.3 is 0 Å². The van der Waals surface area contributed by atoms with Gasteiger partial charge in [0, 0.05) is 16.7 Å². The van der Waals surface area contributed by atoms with Crippen molar-refractivity contribution in [2.75, 3.05) is 0 Å². The van der Waals surface area contributed by atoms with Crippen LogP contribution in [0, 0.1) is 0 Å². The summed E-state index contributed by atoms with van der Waals surface area (Å²) in [5.41, 5.74) is 2.33.